The van der Waals surface area contributed by atoms with Crippen molar-refractivity contribution < 1.29 is 0 Å². The molecule has 1 aromatic rings. The Morgan fingerprint density at radius 3 is 2.36 bits per heavy atom. The summed E-state index contributed by atoms with van der Waals surface area (Å²) < 4.78 is 0. The molecule has 0 aromatic heterocycles. The van der Waals surface area contributed by atoms with Gasteiger partial charge in [-0.25, -0.2) is 0 Å². The fourth-order valence-corrected chi connectivity index (χ4v) is 0.861. The van der Waals surface area contributed by atoms with E-state index >= 15 is 0 Å². The summed E-state index contributed by atoms with van der Waals surface area (Å²) >= 11 is 0. The first-order valence-electron chi connectivity index (χ1n) is 3.49. The van der Waals surface area contributed by atoms with Gasteiger partial charge in [0.15, 0.2) is 0 Å². The maximum Gasteiger partial charge on any atom is 0.0991 e. The second kappa shape index (κ2) is 3.58. The molecule has 0 saturated carbocycles. The molecule has 0 aliphatic heterocycles. The number of allylic oxidation sites excluding steroid dienone is 1. The van der Waals surface area contributed by atoms with E-state index in [-0.39, 0.29) is 0 Å². The molecule has 0 bridgehead atoms. The van der Waals surface area contributed by atoms with E-state index in [0.717, 1.165) is 5.56 Å². The second-order valence-electron chi connectivity index (χ2n) is 2.23. The highest BCUT2D eigenvalue weighted by Crippen LogP contribution is 2.04. The Hall–Kier alpha value is -1.55. The van der Waals surface area contributed by atoms with Gasteiger partial charge in [0.1, 0.15) is 0 Å². The molecular formula is C10H9N. The van der Waals surface area contributed by atoms with Crippen LogP contribution in [0, 0.1) is 11.3 Å². The largest absolute Gasteiger partial charge is 0.192 e. The Morgan fingerprint density at radius 2 is 1.91 bits per heavy atom. The number of rotatable bonds is 1. The average Bonchev–Trinajstić information content (AvgIpc) is 2.07. The van der Waals surface area contributed by atoms with Crippen LogP contribution in [0.25, 0.3) is 6.08 Å². The van der Waals surface area contributed by atoms with Crippen LogP contribution < -0.4 is 0 Å². The molecule has 0 aliphatic rings. The summed E-state index contributed by atoms with van der Waals surface area (Å²) in [7, 11) is 0. The molecule has 1 heteroatoms. The average molecular weight is 143 g/mol. The van der Waals surface area contributed by atoms with Crippen molar-refractivity contribution in [1.82, 2.24) is 0 Å². The van der Waals surface area contributed by atoms with Crippen LogP contribution in [0.4, 0.5) is 0 Å². The maximum atomic E-state index is 8.49. The minimum absolute atomic E-state index is 0.707. The fraction of sp³-hybridized carbons (Fsp3) is 0.100. The van der Waals surface area contributed by atoms with E-state index in [9.17, 15) is 0 Å². The van der Waals surface area contributed by atoms with Crippen molar-refractivity contribution in [3.05, 3.63) is 41.5 Å². The van der Waals surface area contributed by atoms with Gasteiger partial charge in [0.05, 0.1) is 11.6 Å². The van der Waals surface area contributed by atoms with Gasteiger partial charge in [0.25, 0.3) is 0 Å². The number of nitriles is 1. The number of nitrogens with zero attached hydrogens (tertiary/aromatic N) is 1. The quantitative estimate of drug-likeness (QED) is 0.592. The highest BCUT2D eigenvalue weighted by Gasteiger charge is 1.87. The van der Waals surface area contributed by atoms with Crippen molar-refractivity contribution in [2.75, 3.05) is 0 Å². The second-order valence-corrected chi connectivity index (χ2v) is 2.23. The van der Waals surface area contributed by atoms with Gasteiger partial charge in [-0.3, -0.25) is 0 Å². The Morgan fingerprint density at radius 1 is 1.27 bits per heavy atom. The Kier molecular flexibility index (Phi) is 2.46. The summed E-state index contributed by atoms with van der Waals surface area (Å²) in [5.74, 6) is 0. The third-order valence-corrected chi connectivity index (χ3v) is 1.40. The summed E-state index contributed by atoms with van der Waals surface area (Å²) in [6.07, 6.45) is 3.97. The first-order valence-corrected chi connectivity index (χ1v) is 3.49. The lowest BCUT2D eigenvalue weighted by Crippen LogP contribution is -1.73. The minimum Gasteiger partial charge on any atom is -0.192 e. The summed E-state index contributed by atoms with van der Waals surface area (Å²) in [4.78, 5) is 0. The predicted octanol–water partition coefficient (Wildman–Crippen LogP) is 2.59. The number of benzene rings is 1. The molecule has 1 rings (SSSR count). The monoisotopic (exact) mass is 143 g/mol. The van der Waals surface area contributed by atoms with Gasteiger partial charge < -0.3 is 0 Å². The van der Waals surface area contributed by atoms with Gasteiger partial charge in [-0.1, -0.05) is 24.3 Å². The summed E-state index contributed by atoms with van der Waals surface area (Å²) in [5, 5.41) is 8.49. The van der Waals surface area contributed by atoms with Crippen LogP contribution >= 0.6 is 0 Å². The molecule has 0 spiro atoms. The molecule has 1 nitrogen and oxygen atoms in total. The zero-order chi connectivity index (χ0) is 8.10. The lowest BCUT2D eigenvalue weighted by atomic mass is 10.1. The van der Waals surface area contributed by atoms with E-state index in [1.165, 1.54) is 0 Å². The van der Waals surface area contributed by atoms with Crippen LogP contribution in [0.2, 0.25) is 0 Å². The number of hydrogen-bond donors (Lipinski definition) is 0. The SMILES string of the molecule is CC=Cc1ccc(C#N)cc1. The van der Waals surface area contributed by atoms with Crippen LogP contribution in [0.5, 0.6) is 0 Å². The molecule has 0 N–H and O–H groups in total. The van der Waals surface area contributed by atoms with Crippen LogP contribution in [0.15, 0.2) is 30.3 Å². The lowest BCUT2D eigenvalue weighted by molar-refractivity contribution is 1.48. The molecule has 0 radical (unpaired) electrons. The van der Waals surface area contributed by atoms with Crippen molar-refractivity contribution in [3.8, 4) is 6.07 Å². The lowest BCUT2D eigenvalue weighted by Gasteiger charge is -1.90. The Balaban J connectivity index is 2.94. The van der Waals surface area contributed by atoms with Gasteiger partial charge in [-0.15, -0.1) is 0 Å². The molecule has 11 heavy (non-hydrogen) atoms. The maximum absolute atomic E-state index is 8.49. The van der Waals surface area contributed by atoms with E-state index < -0.39 is 0 Å². The first-order chi connectivity index (χ1) is 5.36. The molecule has 0 atom stereocenters. The Bertz CT molecular complexity index is 288. The summed E-state index contributed by atoms with van der Waals surface area (Å²) in [6, 6.07) is 9.56. The van der Waals surface area contributed by atoms with Crippen molar-refractivity contribution in [1.29, 1.82) is 5.26 Å². The highest BCUT2D eigenvalue weighted by molar-refractivity contribution is 5.50. The normalized spacial score (nSPS) is 9.82. The van der Waals surface area contributed by atoms with E-state index in [1.807, 2.05) is 43.3 Å². The summed E-state index contributed by atoms with van der Waals surface area (Å²) in [6.45, 7) is 1.97. The topological polar surface area (TPSA) is 23.8 Å². The third kappa shape index (κ3) is 1.94. The zero-order valence-electron chi connectivity index (χ0n) is 6.41. The fourth-order valence-electron chi connectivity index (χ4n) is 0.861. The smallest absolute Gasteiger partial charge is 0.0991 e. The molecule has 0 amide bonds. The van der Waals surface area contributed by atoms with Crippen molar-refractivity contribution in [2.24, 2.45) is 0 Å². The first kappa shape index (κ1) is 7.56. The molecule has 0 heterocycles. The number of hydrogen-bond acceptors (Lipinski definition) is 1. The molecule has 0 saturated heterocycles. The van der Waals surface area contributed by atoms with Crippen molar-refractivity contribution >= 4 is 6.08 Å². The van der Waals surface area contributed by atoms with Gasteiger partial charge in [-0.2, -0.15) is 5.26 Å². The molecule has 1 aromatic carbocycles. The van der Waals surface area contributed by atoms with E-state index in [1.54, 1.807) is 0 Å². The third-order valence-electron chi connectivity index (χ3n) is 1.40. The van der Waals surface area contributed by atoms with Gasteiger partial charge in [0.2, 0.25) is 0 Å². The molecule has 0 fully saturated rings. The van der Waals surface area contributed by atoms with Crippen molar-refractivity contribution in [2.45, 2.75) is 6.92 Å². The van der Waals surface area contributed by atoms with Crippen molar-refractivity contribution in [3.63, 3.8) is 0 Å². The zero-order valence-corrected chi connectivity index (χ0v) is 6.41. The van der Waals surface area contributed by atoms with Crippen LogP contribution in [-0.2, 0) is 0 Å². The van der Waals surface area contributed by atoms with Crippen LogP contribution in [0.1, 0.15) is 18.1 Å². The predicted molar refractivity (Wildman–Crippen MR) is 45.9 cm³/mol. The molecular weight excluding hydrogens is 134 g/mol. The van der Waals surface area contributed by atoms with Gasteiger partial charge in [0, 0.05) is 0 Å². The summed E-state index contributed by atoms with van der Waals surface area (Å²) in [5.41, 5.74) is 1.84. The van der Waals surface area contributed by atoms with E-state index in [2.05, 4.69) is 6.07 Å². The molecule has 0 aliphatic carbocycles. The van der Waals surface area contributed by atoms with E-state index in [4.69, 9.17) is 5.26 Å². The molecule has 54 valence electrons. The van der Waals surface area contributed by atoms with Crippen LogP contribution in [0.3, 0.4) is 0 Å². The van der Waals surface area contributed by atoms with Gasteiger partial charge >= 0.3 is 0 Å². The van der Waals surface area contributed by atoms with E-state index in [0.29, 0.717) is 5.56 Å². The highest BCUT2D eigenvalue weighted by atomic mass is 14.2. The molecule has 0 unspecified atom stereocenters. The minimum atomic E-state index is 0.707. The Labute approximate surface area is 66.6 Å². The van der Waals surface area contributed by atoms with Crippen LogP contribution in [-0.4, -0.2) is 0 Å². The van der Waals surface area contributed by atoms with Gasteiger partial charge in [-0.05, 0) is 24.6 Å². The standard InChI is InChI=1S/C10H9N/c1-2-3-9-4-6-10(8-11)7-5-9/h2-7H,1H3.